The molecular weight excluding hydrogens is 353 g/mol. The fourth-order valence-corrected chi connectivity index (χ4v) is 4.04. The third-order valence-electron chi connectivity index (χ3n) is 3.65. The van der Waals surface area contributed by atoms with Gasteiger partial charge in [0.25, 0.3) is 10.0 Å². The number of sulfonamides is 1. The predicted molar refractivity (Wildman–Crippen MR) is 92.2 cm³/mol. The molecule has 0 amide bonds. The van der Waals surface area contributed by atoms with E-state index in [1.165, 1.54) is 6.92 Å². The van der Waals surface area contributed by atoms with Gasteiger partial charge < -0.3 is 0 Å². The van der Waals surface area contributed by atoms with E-state index >= 15 is 0 Å². The van der Waals surface area contributed by atoms with Crippen LogP contribution in [0.1, 0.15) is 19.4 Å². The third-order valence-corrected chi connectivity index (χ3v) is 5.88. The van der Waals surface area contributed by atoms with Crippen molar-refractivity contribution >= 4 is 32.6 Å². The zero-order chi connectivity index (χ0) is 17.9. The Balaban J connectivity index is 2.56. The maximum atomic E-state index is 13.1. The lowest BCUT2D eigenvalue weighted by Gasteiger charge is -2.28. The second-order valence-electron chi connectivity index (χ2n) is 5.25. The molecule has 0 N–H and O–H groups in total. The molecule has 7 heteroatoms. The first-order valence-electron chi connectivity index (χ1n) is 7.35. The van der Waals surface area contributed by atoms with Crippen LogP contribution in [0.5, 0.6) is 0 Å². The summed E-state index contributed by atoms with van der Waals surface area (Å²) >= 11 is 5.55. The molecule has 0 aliphatic heterocycles. The van der Waals surface area contributed by atoms with Crippen LogP contribution in [-0.2, 0) is 21.2 Å². The number of halogens is 2. The van der Waals surface area contributed by atoms with Crippen LogP contribution in [0.3, 0.4) is 0 Å². The van der Waals surface area contributed by atoms with Crippen molar-refractivity contribution in [3.63, 3.8) is 0 Å². The van der Waals surface area contributed by atoms with Gasteiger partial charge in [0.2, 0.25) is 5.24 Å². The third kappa shape index (κ3) is 3.76. The minimum absolute atomic E-state index is 0.117. The molecule has 0 saturated carbocycles. The lowest BCUT2D eigenvalue weighted by atomic mass is 10.1. The molecule has 1 atom stereocenters. The molecule has 2 rings (SSSR count). The Kier molecular flexibility index (Phi) is 5.62. The van der Waals surface area contributed by atoms with Gasteiger partial charge in [-0.05, 0) is 66.9 Å². The molecule has 0 saturated heterocycles. The van der Waals surface area contributed by atoms with Gasteiger partial charge in [-0.15, -0.1) is 0 Å². The van der Waals surface area contributed by atoms with Crippen LogP contribution >= 0.6 is 11.6 Å². The van der Waals surface area contributed by atoms with E-state index in [9.17, 15) is 17.6 Å². The van der Waals surface area contributed by atoms with Gasteiger partial charge in [-0.2, -0.15) is 0 Å². The number of carbonyl (C=O) groups is 1. The molecule has 24 heavy (non-hydrogen) atoms. The predicted octanol–water partition coefficient (Wildman–Crippen LogP) is 3.74. The molecule has 0 spiro atoms. The van der Waals surface area contributed by atoms with Gasteiger partial charge in [-0.3, -0.25) is 9.10 Å². The Labute approximate surface area is 145 Å². The lowest BCUT2D eigenvalue weighted by molar-refractivity contribution is -0.112. The second kappa shape index (κ2) is 7.32. The number of carbonyl (C=O) groups excluding carboxylic acids is 1. The van der Waals surface area contributed by atoms with E-state index in [4.69, 9.17) is 11.6 Å². The Morgan fingerprint density at radius 3 is 2.12 bits per heavy atom. The first-order chi connectivity index (χ1) is 11.3. The first kappa shape index (κ1) is 18.4. The Hall–Kier alpha value is -1.92. The summed E-state index contributed by atoms with van der Waals surface area (Å²) in [6.07, 6.45) is 0.801. The summed E-state index contributed by atoms with van der Waals surface area (Å²) in [6.45, 7) is 3.39. The van der Waals surface area contributed by atoms with Crippen molar-refractivity contribution in [1.82, 2.24) is 0 Å². The van der Waals surface area contributed by atoms with Crippen molar-refractivity contribution < 1.29 is 17.6 Å². The monoisotopic (exact) mass is 369 g/mol. The van der Waals surface area contributed by atoms with Gasteiger partial charge in [0.05, 0.1) is 10.6 Å². The molecule has 2 aromatic rings. The van der Waals surface area contributed by atoms with Gasteiger partial charge in [0.1, 0.15) is 11.9 Å². The summed E-state index contributed by atoms with van der Waals surface area (Å²) in [7, 11) is -4.07. The van der Waals surface area contributed by atoms with Crippen LogP contribution in [0.2, 0.25) is 0 Å². The van der Waals surface area contributed by atoms with Gasteiger partial charge in [0.15, 0.2) is 0 Å². The topological polar surface area (TPSA) is 54.5 Å². The maximum absolute atomic E-state index is 13.1. The number of rotatable bonds is 6. The largest absolute Gasteiger partial charge is 0.279 e. The smallest absolute Gasteiger partial charge is 0.265 e. The van der Waals surface area contributed by atoms with Crippen LogP contribution in [0, 0.1) is 5.82 Å². The molecular formula is C17H17ClFNO3S. The Morgan fingerprint density at radius 2 is 1.67 bits per heavy atom. The quantitative estimate of drug-likeness (QED) is 0.729. The van der Waals surface area contributed by atoms with Gasteiger partial charge in [-0.1, -0.05) is 19.1 Å². The normalized spacial score (nSPS) is 12.7. The van der Waals surface area contributed by atoms with E-state index in [0.29, 0.717) is 5.69 Å². The highest BCUT2D eigenvalue weighted by Crippen LogP contribution is 2.27. The van der Waals surface area contributed by atoms with E-state index < -0.39 is 27.1 Å². The van der Waals surface area contributed by atoms with Crippen LogP contribution in [-0.4, -0.2) is 19.7 Å². The maximum Gasteiger partial charge on any atom is 0.265 e. The summed E-state index contributed by atoms with van der Waals surface area (Å²) < 4.78 is 39.9. The van der Waals surface area contributed by atoms with Crippen molar-refractivity contribution in [3.8, 4) is 0 Å². The number of benzene rings is 2. The van der Waals surface area contributed by atoms with Crippen LogP contribution in [0.4, 0.5) is 10.1 Å². The van der Waals surface area contributed by atoms with Gasteiger partial charge in [-0.25, -0.2) is 12.8 Å². The van der Waals surface area contributed by atoms with E-state index in [0.717, 1.165) is 40.6 Å². The molecule has 0 bridgehead atoms. The average molecular weight is 370 g/mol. The number of nitrogens with zero attached hydrogens (tertiary/aromatic N) is 1. The molecule has 1 unspecified atom stereocenters. The van der Waals surface area contributed by atoms with Crippen molar-refractivity contribution in [2.24, 2.45) is 0 Å². The van der Waals surface area contributed by atoms with Crippen molar-refractivity contribution in [2.75, 3.05) is 4.31 Å². The van der Waals surface area contributed by atoms with Crippen LogP contribution in [0.15, 0.2) is 53.4 Å². The van der Waals surface area contributed by atoms with Crippen molar-refractivity contribution in [2.45, 2.75) is 31.2 Å². The number of hydrogen-bond acceptors (Lipinski definition) is 3. The van der Waals surface area contributed by atoms with E-state index in [1.807, 2.05) is 6.92 Å². The number of aryl methyl sites for hydroxylation is 1. The molecule has 0 radical (unpaired) electrons. The second-order valence-corrected chi connectivity index (χ2v) is 7.44. The van der Waals surface area contributed by atoms with E-state index in [1.54, 1.807) is 24.3 Å². The highest BCUT2D eigenvalue weighted by molar-refractivity contribution is 7.93. The lowest BCUT2D eigenvalue weighted by Crippen LogP contribution is -2.42. The molecule has 0 aromatic heterocycles. The standard InChI is InChI=1S/C17H17ClFNO3S/c1-3-13-4-8-15(9-5-13)20(12(2)17(18)21)24(22,23)16-10-6-14(19)7-11-16/h4-12H,3H2,1-2H3. The first-order valence-corrected chi connectivity index (χ1v) is 9.17. The molecule has 0 aliphatic carbocycles. The number of anilines is 1. The van der Waals surface area contributed by atoms with E-state index in [-0.39, 0.29) is 4.90 Å². The highest BCUT2D eigenvalue weighted by atomic mass is 35.5. The summed E-state index contributed by atoms with van der Waals surface area (Å²) in [5.41, 5.74) is 1.35. The van der Waals surface area contributed by atoms with Crippen molar-refractivity contribution in [1.29, 1.82) is 0 Å². The molecule has 0 aliphatic rings. The highest BCUT2D eigenvalue weighted by Gasteiger charge is 2.32. The molecule has 0 fully saturated rings. The molecule has 4 nitrogen and oxygen atoms in total. The minimum Gasteiger partial charge on any atom is -0.279 e. The van der Waals surface area contributed by atoms with Crippen LogP contribution in [0.25, 0.3) is 0 Å². The molecule has 128 valence electrons. The summed E-state index contributed by atoms with van der Waals surface area (Å²) in [5.74, 6) is -0.547. The summed E-state index contributed by atoms with van der Waals surface area (Å²) in [5, 5.41) is -0.805. The van der Waals surface area contributed by atoms with Gasteiger partial charge >= 0.3 is 0 Å². The van der Waals surface area contributed by atoms with Crippen molar-refractivity contribution in [3.05, 3.63) is 59.9 Å². The van der Waals surface area contributed by atoms with Gasteiger partial charge in [0, 0.05) is 0 Å². The Bertz CT molecular complexity index is 820. The SMILES string of the molecule is CCc1ccc(N(C(C)C(=O)Cl)S(=O)(=O)c2ccc(F)cc2)cc1. The zero-order valence-electron chi connectivity index (χ0n) is 13.2. The Morgan fingerprint density at radius 1 is 1.12 bits per heavy atom. The molecule has 0 heterocycles. The average Bonchev–Trinajstić information content (AvgIpc) is 2.55. The zero-order valence-corrected chi connectivity index (χ0v) is 14.8. The fourth-order valence-electron chi connectivity index (χ4n) is 2.26. The summed E-state index contributed by atoms with van der Waals surface area (Å²) in [6, 6.07) is 10.1. The fraction of sp³-hybridized carbons (Fsp3) is 0.235. The molecule has 2 aromatic carbocycles. The number of hydrogen-bond donors (Lipinski definition) is 0. The van der Waals surface area contributed by atoms with Crippen LogP contribution < -0.4 is 4.31 Å². The van der Waals surface area contributed by atoms with E-state index in [2.05, 4.69) is 0 Å². The summed E-state index contributed by atoms with van der Waals surface area (Å²) in [4.78, 5) is 11.5. The minimum atomic E-state index is -4.07.